The number of hydrogen-bond donors (Lipinski definition) is 2. The Bertz CT molecular complexity index is 296. The van der Waals surface area contributed by atoms with Gasteiger partial charge in [-0.15, -0.1) is 0 Å². The number of amides is 1. The second-order valence-electron chi connectivity index (χ2n) is 2.14. The maximum absolute atomic E-state index is 10.5. The van der Waals surface area contributed by atoms with Gasteiger partial charge in [0, 0.05) is 0 Å². The third kappa shape index (κ3) is 1.24. The predicted molar refractivity (Wildman–Crippen MR) is 42.7 cm³/mol. The van der Waals surface area contributed by atoms with E-state index in [0.29, 0.717) is 5.69 Å². The van der Waals surface area contributed by atoms with Crippen molar-refractivity contribution in [1.29, 1.82) is 0 Å². The minimum Gasteiger partial charge on any atom is -0.397 e. The van der Waals surface area contributed by atoms with Crippen molar-refractivity contribution in [3.8, 4) is 0 Å². The molecule has 0 aliphatic heterocycles. The Kier molecular flexibility index (Phi) is 1.68. The normalized spacial score (nSPS) is 9.45. The Hall–Kier alpha value is -1.71. The zero-order valence-corrected chi connectivity index (χ0v) is 5.79. The van der Waals surface area contributed by atoms with Crippen LogP contribution in [0.3, 0.4) is 0 Å². The number of nitrogens with one attached hydrogen (secondary N) is 1. The fraction of sp³-hybridized carbons (Fsp3) is 0. The van der Waals surface area contributed by atoms with Crippen LogP contribution >= 0.6 is 0 Å². The molecule has 4 heteroatoms. The summed E-state index contributed by atoms with van der Waals surface area (Å²) in [6, 6.07) is 4.65. The highest BCUT2D eigenvalue weighted by Crippen LogP contribution is 2.18. The number of para-hydroxylation sites is 1. The summed E-state index contributed by atoms with van der Waals surface area (Å²) in [4.78, 5) is 10.5. The van der Waals surface area contributed by atoms with Crippen LogP contribution in [-0.2, 0) is 0 Å². The molecule has 0 aliphatic carbocycles. The molecule has 1 radical (unpaired) electrons. The molecule has 0 spiro atoms. The molecule has 0 atom stereocenters. The van der Waals surface area contributed by atoms with Gasteiger partial charge in [-0.3, -0.25) is 10.5 Å². The predicted octanol–water partition coefficient (Wildman–Crippen LogP) is 0.274. The fourth-order valence-corrected chi connectivity index (χ4v) is 0.781. The van der Waals surface area contributed by atoms with Gasteiger partial charge >= 0.3 is 0 Å². The number of anilines is 2. The Morgan fingerprint density at radius 1 is 1.36 bits per heavy atom. The summed E-state index contributed by atoms with van der Waals surface area (Å²) in [6.45, 7) is 0. The number of benzene rings is 1. The molecule has 1 aromatic carbocycles. The molecule has 0 aliphatic rings. The lowest BCUT2D eigenvalue weighted by Crippen LogP contribution is -2.06. The summed E-state index contributed by atoms with van der Waals surface area (Å²) >= 11 is 0. The highest BCUT2D eigenvalue weighted by atomic mass is 16.1. The fourth-order valence-electron chi connectivity index (χ4n) is 0.781. The van der Waals surface area contributed by atoms with Gasteiger partial charge < -0.3 is 11.5 Å². The van der Waals surface area contributed by atoms with Crippen LogP contribution in [-0.4, -0.2) is 5.91 Å². The molecule has 0 saturated carbocycles. The minimum absolute atomic E-state index is 0.157. The molecule has 0 unspecified atom stereocenters. The molecule has 5 N–H and O–H groups in total. The standard InChI is InChI=1S/C7H8N3O/c8-5-3-1-2-4(6(5)9)7(10)11/h1-3,10H,8-9H2. The molecule has 1 rings (SSSR count). The first-order valence-corrected chi connectivity index (χ1v) is 3.03. The van der Waals surface area contributed by atoms with E-state index in [1.54, 1.807) is 12.1 Å². The van der Waals surface area contributed by atoms with Gasteiger partial charge in [-0.05, 0) is 12.1 Å². The summed E-state index contributed by atoms with van der Waals surface area (Å²) in [6.07, 6.45) is 0. The third-order valence-electron chi connectivity index (χ3n) is 1.38. The second-order valence-corrected chi connectivity index (χ2v) is 2.14. The van der Waals surface area contributed by atoms with Gasteiger partial charge in [0.25, 0.3) is 5.91 Å². The van der Waals surface area contributed by atoms with E-state index in [1.165, 1.54) is 6.07 Å². The van der Waals surface area contributed by atoms with Crippen LogP contribution in [0.4, 0.5) is 11.4 Å². The van der Waals surface area contributed by atoms with E-state index in [-0.39, 0.29) is 11.3 Å². The number of carbonyl (C=O) groups excluding carboxylic acids is 1. The zero-order chi connectivity index (χ0) is 8.43. The maximum atomic E-state index is 10.5. The van der Waals surface area contributed by atoms with Crippen molar-refractivity contribution in [2.75, 3.05) is 11.5 Å². The van der Waals surface area contributed by atoms with Gasteiger partial charge in [0.05, 0.1) is 16.9 Å². The van der Waals surface area contributed by atoms with Crippen molar-refractivity contribution >= 4 is 17.3 Å². The Labute approximate surface area is 64.0 Å². The first-order chi connectivity index (χ1) is 5.13. The summed E-state index contributed by atoms with van der Waals surface area (Å²) < 4.78 is 0. The lowest BCUT2D eigenvalue weighted by atomic mass is 10.1. The number of nitrogen functional groups attached to an aromatic ring is 2. The van der Waals surface area contributed by atoms with Gasteiger partial charge in [-0.1, -0.05) is 6.07 Å². The number of hydrogen-bond acceptors (Lipinski definition) is 3. The number of rotatable bonds is 1. The topological polar surface area (TPSA) is 92.9 Å². The first kappa shape index (κ1) is 7.40. The van der Waals surface area contributed by atoms with Gasteiger partial charge in [0.2, 0.25) is 0 Å². The van der Waals surface area contributed by atoms with Gasteiger partial charge in [-0.2, -0.15) is 0 Å². The smallest absolute Gasteiger partial charge is 0.271 e. The molecule has 57 valence electrons. The van der Waals surface area contributed by atoms with Crippen LogP contribution in [0.1, 0.15) is 10.4 Å². The van der Waals surface area contributed by atoms with Crippen LogP contribution in [0.5, 0.6) is 0 Å². The second kappa shape index (κ2) is 2.49. The quantitative estimate of drug-likeness (QED) is 0.563. The van der Waals surface area contributed by atoms with Crippen molar-refractivity contribution in [2.24, 2.45) is 0 Å². The summed E-state index contributed by atoms with van der Waals surface area (Å²) in [5.41, 5.74) is 18.3. The Morgan fingerprint density at radius 3 is 2.45 bits per heavy atom. The lowest BCUT2D eigenvalue weighted by Gasteiger charge is -2.02. The minimum atomic E-state index is -0.810. The number of carbonyl (C=O) groups is 1. The molecular formula is C7H8N3O. The molecule has 0 saturated heterocycles. The van der Waals surface area contributed by atoms with Gasteiger partial charge in [-0.25, -0.2) is 0 Å². The average molecular weight is 150 g/mol. The van der Waals surface area contributed by atoms with Crippen LogP contribution in [0, 0.1) is 0 Å². The summed E-state index contributed by atoms with van der Waals surface area (Å²) in [5.74, 6) is -0.810. The monoisotopic (exact) mass is 150 g/mol. The molecule has 1 aromatic rings. The van der Waals surface area contributed by atoms with Crippen LogP contribution < -0.4 is 17.2 Å². The summed E-state index contributed by atoms with van der Waals surface area (Å²) in [7, 11) is 0. The van der Waals surface area contributed by atoms with Crippen LogP contribution in [0.15, 0.2) is 18.2 Å². The molecule has 1 amide bonds. The molecule has 4 nitrogen and oxygen atoms in total. The Balaban J connectivity index is 3.27. The Morgan fingerprint density at radius 2 is 2.00 bits per heavy atom. The van der Waals surface area contributed by atoms with Crippen molar-refractivity contribution in [1.82, 2.24) is 5.73 Å². The SMILES string of the molecule is [NH]C(=O)c1cccc(N)c1N. The molecule has 11 heavy (non-hydrogen) atoms. The maximum Gasteiger partial charge on any atom is 0.271 e. The van der Waals surface area contributed by atoms with E-state index in [9.17, 15) is 4.79 Å². The van der Waals surface area contributed by atoms with Crippen molar-refractivity contribution < 1.29 is 4.79 Å². The highest BCUT2D eigenvalue weighted by molar-refractivity contribution is 5.99. The largest absolute Gasteiger partial charge is 0.397 e. The van der Waals surface area contributed by atoms with E-state index in [1.807, 2.05) is 0 Å². The van der Waals surface area contributed by atoms with E-state index in [0.717, 1.165) is 0 Å². The van der Waals surface area contributed by atoms with Crippen LogP contribution in [0.2, 0.25) is 0 Å². The molecule has 0 bridgehead atoms. The lowest BCUT2D eigenvalue weighted by molar-refractivity contribution is 0.0993. The van der Waals surface area contributed by atoms with Crippen molar-refractivity contribution in [2.45, 2.75) is 0 Å². The van der Waals surface area contributed by atoms with Crippen LogP contribution in [0.25, 0.3) is 0 Å². The van der Waals surface area contributed by atoms with Gasteiger partial charge in [0.1, 0.15) is 0 Å². The summed E-state index contributed by atoms with van der Waals surface area (Å²) in [5, 5.41) is 0. The molecular weight excluding hydrogens is 142 g/mol. The van der Waals surface area contributed by atoms with E-state index in [2.05, 4.69) is 0 Å². The molecule has 0 heterocycles. The van der Waals surface area contributed by atoms with Crippen molar-refractivity contribution in [3.05, 3.63) is 23.8 Å². The van der Waals surface area contributed by atoms with E-state index >= 15 is 0 Å². The zero-order valence-electron chi connectivity index (χ0n) is 5.79. The first-order valence-electron chi connectivity index (χ1n) is 3.03. The highest BCUT2D eigenvalue weighted by Gasteiger charge is 2.06. The molecule has 0 aromatic heterocycles. The van der Waals surface area contributed by atoms with E-state index in [4.69, 9.17) is 17.2 Å². The average Bonchev–Trinajstić information content (AvgIpc) is 1.94. The van der Waals surface area contributed by atoms with Gasteiger partial charge in [0.15, 0.2) is 0 Å². The van der Waals surface area contributed by atoms with Crippen molar-refractivity contribution in [3.63, 3.8) is 0 Å². The molecule has 0 fully saturated rings. The number of nitrogens with two attached hydrogens (primary N) is 2. The third-order valence-corrected chi connectivity index (χ3v) is 1.38. The van der Waals surface area contributed by atoms with E-state index < -0.39 is 5.91 Å².